The minimum absolute atomic E-state index is 0.526. The third-order valence-electron chi connectivity index (χ3n) is 4.20. The van der Waals surface area contributed by atoms with Crippen molar-refractivity contribution in [2.24, 2.45) is 13.0 Å². The molecule has 0 aliphatic carbocycles. The van der Waals surface area contributed by atoms with Crippen molar-refractivity contribution in [3.05, 3.63) is 12.0 Å². The van der Waals surface area contributed by atoms with Crippen LogP contribution in [0.15, 0.2) is 6.20 Å². The number of aryl methyl sites for hydroxylation is 1. The van der Waals surface area contributed by atoms with Crippen molar-refractivity contribution >= 4 is 16.9 Å². The second kappa shape index (κ2) is 5.01. The molecule has 20 heavy (non-hydrogen) atoms. The molecule has 2 N–H and O–H groups in total. The Kier molecular flexibility index (Phi) is 3.33. The second-order valence-electron chi connectivity index (χ2n) is 5.95. The zero-order valence-corrected chi connectivity index (χ0v) is 12.4. The molecule has 1 unspecified atom stereocenters. The molecular formula is C14H22N6. The molecule has 6 heteroatoms. The summed E-state index contributed by atoms with van der Waals surface area (Å²) in [6.45, 7) is 6.45. The first-order valence-corrected chi connectivity index (χ1v) is 7.24. The summed E-state index contributed by atoms with van der Waals surface area (Å²) in [5.41, 5.74) is 6.83. The molecule has 1 aliphatic heterocycles. The van der Waals surface area contributed by atoms with Crippen LogP contribution < -0.4 is 5.73 Å². The molecule has 0 amide bonds. The molecular weight excluding hydrogens is 252 g/mol. The lowest BCUT2D eigenvalue weighted by atomic mass is 10.0. The number of nitrogens with zero attached hydrogens (tertiary/aromatic N) is 5. The van der Waals surface area contributed by atoms with E-state index in [1.54, 1.807) is 10.9 Å². The Morgan fingerprint density at radius 1 is 1.40 bits per heavy atom. The summed E-state index contributed by atoms with van der Waals surface area (Å²) in [6, 6.07) is 0.627. The van der Waals surface area contributed by atoms with E-state index in [-0.39, 0.29) is 0 Å². The highest BCUT2D eigenvalue weighted by Gasteiger charge is 2.27. The summed E-state index contributed by atoms with van der Waals surface area (Å²) in [7, 11) is 1.88. The van der Waals surface area contributed by atoms with Crippen LogP contribution in [-0.2, 0) is 13.6 Å². The number of aromatic nitrogens is 4. The number of likely N-dealkylation sites (tertiary alicyclic amines) is 1. The summed E-state index contributed by atoms with van der Waals surface area (Å²) >= 11 is 0. The van der Waals surface area contributed by atoms with Gasteiger partial charge in [-0.2, -0.15) is 5.10 Å². The molecule has 0 spiro atoms. The first-order valence-electron chi connectivity index (χ1n) is 7.24. The van der Waals surface area contributed by atoms with Crippen molar-refractivity contribution in [1.29, 1.82) is 0 Å². The van der Waals surface area contributed by atoms with Gasteiger partial charge in [-0.15, -0.1) is 0 Å². The minimum Gasteiger partial charge on any atom is -0.383 e. The monoisotopic (exact) mass is 274 g/mol. The molecule has 6 nitrogen and oxygen atoms in total. The van der Waals surface area contributed by atoms with Crippen molar-refractivity contribution in [3.63, 3.8) is 0 Å². The Bertz CT molecular complexity index is 617. The van der Waals surface area contributed by atoms with E-state index in [1.165, 1.54) is 12.8 Å². The molecule has 2 aromatic heterocycles. The third kappa shape index (κ3) is 2.24. The first kappa shape index (κ1) is 13.3. The Labute approximate surface area is 119 Å². The van der Waals surface area contributed by atoms with Gasteiger partial charge in [0.25, 0.3) is 0 Å². The first-order chi connectivity index (χ1) is 9.56. The molecule has 1 fully saturated rings. The van der Waals surface area contributed by atoms with Crippen molar-refractivity contribution < 1.29 is 0 Å². The molecule has 2 aromatic rings. The van der Waals surface area contributed by atoms with Crippen molar-refractivity contribution in [2.45, 2.75) is 39.3 Å². The number of rotatable bonds is 3. The molecule has 3 rings (SSSR count). The fourth-order valence-electron chi connectivity index (χ4n) is 3.15. The Morgan fingerprint density at radius 2 is 2.20 bits per heavy atom. The van der Waals surface area contributed by atoms with E-state index in [0.29, 0.717) is 17.8 Å². The van der Waals surface area contributed by atoms with Crippen LogP contribution in [0.2, 0.25) is 0 Å². The third-order valence-corrected chi connectivity index (χ3v) is 4.20. The maximum Gasteiger partial charge on any atom is 0.163 e. The second-order valence-corrected chi connectivity index (χ2v) is 5.95. The van der Waals surface area contributed by atoms with E-state index in [1.807, 2.05) is 7.05 Å². The predicted octanol–water partition coefficient (Wildman–Crippen LogP) is 1.57. The van der Waals surface area contributed by atoms with Gasteiger partial charge in [-0.3, -0.25) is 9.58 Å². The van der Waals surface area contributed by atoms with E-state index in [4.69, 9.17) is 5.73 Å². The highest BCUT2D eigenvalue weighted by molar-refractivity contribution is 5.84. The van der Waals surface area contributed by atoms with Gasteiger partial charge in [-0.25, -0.2) is 9.97 Å². The maximum atomic E-state index is 6.02. The van der Waals surface area contributed by atoms with Gasteiger partial charge in [-0.1, -0.05) is 13.8 Å². The number of anilines is 1. The average Bonchev–Trinajstić information content (AvgIpc) is 2.98. The van der Waals surface area contributed by atoms with E-state index < -0.39 is 0 Å². The van der Waals surface area contributed by atoms with Crippen LogP contribution in [0.1, 0.15) is 32.5 Å². The fraction of sp³-hybridized carbons (Fsp3) is 0.643. The van der Waals surface area contributed by atoms with E-state index in [2.05, 4.69) is 33.8 Å². The number of nitrogen functional groups attached to an aromatic ring is 1. The zero-order chi connectivity index (χ0) is 14.3. The molecule has 1 aliphatic rings. The number of fused-ring (bicyclic) bond motifs is 1. The highest BCUT2D eigenvalue weighted by atomic mass is 15.3. The zero-order valence-electron chi connectivity index (χ0n) is 12.4. The number of hydrogen-bond donors (Lipinski definition) is 1. The van der Waals surface area contributed by atoms with Crippen molar-refractivity contribution in [1.82, 2.24) is 24.6 Å². The van der Waals surface area contributed by atoms with E-state index in [0.717, 1.165) is 29.9 Å². The Hall–Kier alpha value is -1.69. The lowest BCUT2D eigenvalue weighted by Crippen LogP contribution is -2.33. The predicted molar refractivity (Wildman–Crippen MR) is 79.0 cm³/mol. The van der Waals surface area contributed by atoms with Crippen LogP contribution >= 0.6 is 0 Å². The molecule has 0 bridgehead atoms. The van der Waals surface area contributed by atoms with Crippen LogP contribution in [0, 0.1) is 5.92 Å². The quantitative estimate of drug-likeness (QED) is 0.919. The molecule has 0 saturated carbocycles. The molecule has 0 radical (unpaired) electrons. The number of nitrogens with two attached hydrogens (primary N) is 1. The SMILES string of the molecule is CC(C)C1CCCN1Cc1nc(N)c2cnn(C)c2n1. The van der Waals surface area contributed by atoms with Gasteiger partial charge in [0.05, 0.1) is 18.1 Å². The maximum absolute atomic E-state index is 6.02. The van der Waals surface area contributed by atoms with Crippen molar-refractivity contribution in [3.8, 4) is 0 Å². The van der Waals surface area contributed by atoms with Gasteiger partial charge in [-0.05, 0) is 25.3 Å². The van der Waals surface area contributed by atoms with Gasteiger partial charge in [0.15, 0.2) is 5.65 Å². The normalized spacial score (nSPS) is 20.3. The van der Waals surface area contributed by atoms with E-state index in [9.17, 15) is 0 Å². The van der Waals surface area contributed by atoms with Crippen LogP contribution in [0.5, 0.6) is 0 Å². The van der Waals surface area contributed by atoms with Crippen LogP contribution in [0.3, 0.4) is 0 Å². The van der Waals surface area contributed by atoms with Gasteiger partial charge >= 0.3 is 0 Å². The van der Waals surface area contributed by atoms with Gasteiger partial charge in [0.1, 0.15) is 11.6 Å². The Balaban J connectivity index is 1.89. The van der Waals surface area contributed by atoms with Crippen LogP contribution in [0.4, 0.5) is 5.82 Å². The largest absolute Gasteiger partial charge is 0.383 e. The van der Waals surface area contributed by atoms with Gasteiger partial charge in [0.2, 0.25) is 0 Å². The van der Waals surface area contributed by atoms with Gasteiger partial charge < -0.3 is 5.73 Å². The van der Waals surface area contributed by atoms with Crippen LogP contribution in [-0.4, -0.2) is 37.2 Å². The molecule has 1 saturated heterocycles. The fourth-order valence-corrected chi connectivity index (χ4v) is 3.15. The average molecular weight is 274 g/mol. The molecule has 1 atom stereocenters. The topological polar surface area (TPSA) is 72.9 Å². The highest BCUT2D eigenvalue weighted by Crippen LogP contribution is 2.25. The van der Waals surface area contributed by atoms with Gasteiger partial charge in [0, 0.05) is 13.1 Å². The summed E-state index contributed by atoms with van der Waals surface area (Å²) in [4.78, 5) is 11.5. The van der Waals surface area contributed by atoms with Crippen molar-refractivity contribution in [2.75, 3.05) is 12.3 Å². The summed E-state index contributed by atoms with van der Waals surface area (Å²) < 4.78 is 1.75. The molecule has 3 heterocycles. The van der Waals surface area contributed by atoms with E-state index >= 15 is 0 Å². The Morgan fingerprint density at radius 3 is 2.95 bits per heavy atom. The standard InChI is InChI=1S/C14H22N6/c1-9(2)11-5-4-6-20(11)8-12-17-13(15)10-7-16-19(3)14(10)18-12/h7,9,11H,4-6,8H2,1-3H3,(H2,15,17,18). The smallest absolute Gasteiger partial charge is 0.163 e. The molecule has 108 valence electrons. The number of hydrogen-bond acceptors (Lipinski definition) is 5. The lowest BCUT2D eigenvalue weighted by Gasteiger charge is -2.26. The minimum atomic E-state index is 0.526. The molecule has 0 aromatic carbocycles. The summed E-state index contributed by atoms with van der Waals surface area (Å²) in [6.07, 6.45) is 4.24. The lowest BCUT2D eigenvalue weighted by molar-refractivity contribution is 0.194. The van der Waals surface area contributed by atoms with Crippen LogP contribution in [0.25, 0.3) is 11.0 Å². The summed E-state index contributed by atoms with van der Waals surface area (Å²) in [5, 5.41) is 5.02. The summed E-state index contributed by atoms with van der Waals surface area (Å²) in [5.74, 6) is 1.99.